The summed E-state index contributed by atoms with van der Waals surface area (Å²) in [6, 6.07) is 19.8. The lowest BCUT2D eigenvalue weighted by Gasteiger charge is -2.37. The summed E-state index contributed by atoms with van der Waals surface area (Å²) in [6.07, 6.45) is 0.560. The Labute approximate surface area is 192 Å². The van der Waals surface area contributed by atoms with Crippen LogP contribution in [0.1, 0.15) is 11.1 Å². The third-order valence-electron chi connectivity index (χ3n) is 5.67. The van der Waals surface area contributed by atoms with E-state index in [0.717, 1.165) is 28.3 Å². The molecule has 0 fully saturated rings. The largest absolute Gasteiger partial charge is 0.486 e. The van der Waals surface area contributed by atoms with Crippen molar-refractivity contribution >= 4 is 27.3 Å². The number of rotatable bonds is 5. The van der Waals surface area contributed by atoms with Gasteiger partial charge in [0.1, 0.15) is 13.2 Å². The number of anilines is 1. The molecule has 0 spiro atoms. The topological polar surface area (TPSA) is 67.9 Å². The molecule has 6 nitrogen and oxygen atoms in total. The van der Waals surface area contributed by atoms with Gasteiger partial charge in [-0.15, -0.1) is 0 Å². The SMILES string of the molecule is O=S(=O)(NC1Cc2cc(Cl)ccc2N(Cc2cccc3c2OCCO3)C1)c1ccccc1. The molecule has 0 radical (unpaired) electrons. The Balaban J connectivity index is 1.45. The third-order valence-corrected chi connectivity index (χ3v) is 7.45. The van der Waals surface area contributed by atoms with Crippen LogP contribution in [0.4, 0.5) is 5.69 Å². The van der Waals surface area contributed by atoms with Gasteiger partial charge in [0.25, 0.3) is 0 Å². The number of nitrogens with one attached hydrogen (secondary N) is 1. The average Bonchev–Trinajstić information content (AvgIpc) is 2.79. The molecule has 166 valence electrons. The Hall–Kier alpha value is -2.74. The van der Waals surface area contributed by atoms with Crippen molar-refractivity contribution in [3.8, 4) is 11.5 Å². The molecule has 0 bridgehead atoms. The maximum absolute atomic E-state index is 12.9. The molecule has 2 heterocycles. The molecular weight excluding hydrogens is 448 g/mol. The minimum Gasteiger partial charge on any atom is -0.486 e. The molecule has 1 N–H and O–H groups in total. The van der Waals surface area contributed by atoms with Gasteiger partial charge in [-0.1, -0.05) is 41.9 Å². The van der Waals surface area contributed by atoms with Crippen molar-refractivity contribution in [2.45, 2.75) is 23.9 Å². The Morgan fingerprint density at radius 1 is 1.00 bits per heavy atom. The van der Waals surface area contributed by atoms with Gasteiger partial charge >= 0.3 is 0 Å². The van der Waals surface area contributed by atoms with Gasteiger partial charge in [0, 0.05) is 35.4 Å². The zero-order valence-electron chi connectivity index (χ0n) is 17.3. The van der Waals surface area contributed by atoms with E-state index in [4.69, 9.17) is 21.1 Å². The Kier molecular flexibility index (Phi) is 5.71. The molecule has 2 aliphatic rings. The number of sulfonamides is 1. The van der Waals surface area contributed by atoms with Crippen LogP contribution < -0.4 is 19.1 Å². The number of para-hydroxylation sites is 1. The first kappa shape index (κ1) is 21.1. The van der Waals surface area contributed by atoms with Crippen molar-refractivity contribution in [1.29, 1.82) is 0 Å². The molecule has 1 atom stereocenters. The van der Waals surface area contributed by atoms with Gasteiger partial charge in [0.15, 0.2) is 11.5 Å². The molecule has 2 aliphatic heterocycles. The van der Waals surface area contributed by atoms with E-state index in [2.05, 4.69) is 9.62 Å². The highest BCUT2D eigenvalue weighted by atomic mass is 35.5. The van der Waals surface area contributed by atoms with Crippen molar-refractivity contribution in [1.82, 2.24) is 4.72 Å². The number of nitrogens with zero attached hydrogens (tertiary/aromatic N) is 1. The average molecular weight is 471 g/mol. The lowest BCUT2D eigenvalue weighted by Crippen LogP contribution is -2.48. The second-order valence-corrected chi connectivity index (χ2v) is 10.1. The summed E-state index contributed by atoms with van der Waals surface area (Å²) in [4.78, 5) is 2.42. The predicted octanol–water partition coefficient (Wildman–Crippen LogP) is 4.02. The maximum Gasteiger partial charge on any atom is 0.240 e. The molecule has 5 rings (SSSR count). The van der Waals surface area contributed by atoms with Crippen molar-refractivity contribution in [2.24, 2.45) is 0 Å². The van der Waals surface area contributed by atoms with E-state index in [1.807, 2.05) is 36.4 Å². The number of hydrogen-bond donors (Lipinski definition) is 1. The lowest BCUT2D eigenvalue weighted by molar-refractivity contribution is 0.170. The number of fused-ring (bicyclic) bond motifs is 2. The first-order chi connectivity index (χ1) is 15.5. The summed E-state index contributed by atoms with van der Waals surface area (Å²) in [5.74, 6) is 1.49. The molecule has 1 unspecified atom stereocenters. The van der Waals surface area contributed by atoms with Crippen LogP contribution in [-0.2, 0) is 23.0 Å². The van der Waals surface area contributed by atoms with E-state index in [1.165, 1.54) is 0 Å². The van der Waals surface area contributed by atoms with Crippen LogP contribution in [-0.4, -0.2) is 34.2 Å². The molecule has 3 aromatic rings. The number of halogens is 1. The van der Waals surface area contributed by atoms with Crippen LogP contribution in [0.15, 0.2) is 71.6 Å². The standard InChI is InChI=1S/C24H23ClN2O4S/c25-19-9-10-22-18(13-19)14-20(26-32(28,29)21-6-2-1-3-7-21)16-27(22)15-17-5-4-8-23-24(17)31-12-11-30-23/h1-10,13,20,26H,11-12,14-16H2. The second kappa shape index (κ2) is 8.65. The Morgan fingerprint density at radius 3 is 2.66 bits per heavy atom. The highest BCUT2D eigenvalue weighted by Gasteiger charge is 2.29. The molecule has 0 aliphatic carbocycles. The van der Waals surface area contributed by atoms with Crippen LogP contribution in [0.2, 0.25) is 5.02 Å². The Bertz CT molecular complexity index is 1230. The highest BCUT2D eigenvalue weighted by Crippen LogP contribution is 2.37. The molecule has 0 amide bonds. The van der Waals surface area contributed by atoms with E-state index < -0.39 is 10.0 Å². The molecular formula is C24H23ClN2O4S. The van der Waals surface area contributed by atoms with Crippen molar-refractivity contribution < 1.29 is 17.9 Å². The second-order valence-electron chi connectivity index (χ2n) is 7.93. The van der Waals surface area contributed by atoms with Crippen LogP contribution in [0.25, 0.3) is 0 Å². The highest BCUT2D eigenvalue weighted by molar-refractivity contribution is 7.89. The van der Waals surface area contributed by atoms with Crippen LogP contribution in [0.5, 0.6) is 11.5 Å². The number of benzene rings is 3. The summed E-state index contributed by atoms with van der Waals surface area (Å²) >= 11 is 6.26. The molecule has 0 saturated carbocycles. The Morgan fingerprint density at radius 2 is 1.81 bits per heavy atom. The van der Waals surface area contributed by atoms with Gasteiger partial charge in [-0.3, -0.25) is 0 Å². The first-order valence-electron chi connectivity index (χ1n) is 10.5. The van der Waals surface area contributed by atoms with Gasteiger partial charge in [-0.05, 0) is 48.4 Å². The van der Waals surface area contributed by atoms with Gasteiger partial charge in [-0.25, -0.2) is 13.1 Å². The third kappa shape index (κ3) is 4.28. The maximum atomic E-state index is 12.9. The van der Waals surface area contributed by atoms with Crippen LogP contribution in [0.3, 0.4) is 0 Å². The quantitative estimate of drug-likeness (QED) is 0.610. The van der Waals surface area contributed by atoms with Gasteiger partial charge in [0.2, 0.25) is 10.0 Å². The van der Waals surface area contributed by atoms with E-state index in [-0.39, 0.29) is 10.9 Å². The molecule has 3 aromatic carbocycles. The van der Waals surface area contributed by atoms with E-state index in [9.17, 15) is 8.42 Å². The van der Waals surface area contributed by atoms with E-state index >= 15 is 0 Å². The van der Waals surface area contributed by atoms with Crippen LogP contribution >= 0.6 is 11.6 Å². The van der Waals surface area contributed by atoms with E-state index in [1.54, 1.807) is 30.3 Å². The minimum atomic E-state index is -3.64. The summed E-state index contributed by atoms with van der Waals surface area (Å²) < 4.78 is 40.4. The summed E-state index contributed by atoms with van der Waals surface area (Å²) in [5, 5.41) is 0.629. The van der Waals surface area contributed by atoms with Gasteiger partial charge < -0.3 is 14.4 Å². The summed E-state index contributed by atoms with van der Waals surface area (Å²) in [7, 11) is -3.64. The summed E-state index contributed by atoms with van der Waals surface area (Å²) in [5.41, 5.74) is 3.04. The van der Waals surface area contributed by atoms with Crippen LogP contribution in [0, 0.1) is 0 Å². The van der Waals surface area contributed by atoms with Crippen molar-refractivity contribution in [3.63, 3.8) is 0 Å². The minimum absolute atomic E-state index is 0.256. The first-order valence-corrected chi connectivity index (χ1v) is 12.3. The fourth-order valence-electron chi connectivity index (χ4n) is 4.30. The molecule has 8 heteroatoms. The summed E-state index contributed by atoms with van der Waals surface area (Å²) in [6.45, 7) is 2.12. The zero-order chi connectivity index (χ0) is 22.1. The normalized spacial score (nSPS) is 17.7. The molecule has 32 heavy (non-hydrogen) atoms. The van der Waals surface area contributed by atoms with Gasteiger partial charge in [-0.2, -0.15) is 0 Å². The number of ether oxygens (including phenoxy) is 2. The fourth-order valence-corrected chi connectivity index (χ4v) is 5.74. The smallest absolute Gasteiger partial charge is 0.240 e. The number of hydrogen-bond acceptors (Lipinski definition) is 5. The molecule has 0 saturated heterocycles. The zero-order valence-corrected chi connectivity index (χ0v) is 18.9. The lowest BCUT2D eigenvalue weighted by atomic mass is 9.97. The van der Waals surface area contributed by atoms with Crippen molar-refractivity contribution in [3.05, 3.63) is 82.9 Å². The molecule has 0 aromatic heterocycles. The van der Waals surface area contributed by atoms with Gasteiger partial charge in [0.05, 0.1) is 4.90 Å². The fraction of sp³-hybridized carbons (Fsp3) is 0.250. The van der Waals surface area contributed by atoms with Crippen molar-refractivity contribution in [2.75, 3.05) is 24.7 Å². The van der Waals surface area contributed by atoms with E-state index in [0.29, 0.717) is 37.7 Å². The predicted molar refractivity (Wildman–Crippen MR) is 124 cm³/mol. The monoisotopic (exact) mass is 470 g/mol.